The van der Waals surface area contributed by atoms with Crippen molar-refractivity contribution >= 4 is 5.84 Å². The highest BCUT2D eigenvalue weighted by atomic mass is 16.5. The van der Waals surface area contributed by atoms with Crippen LogP contribution in [-0.2, 0) is 0 Å². The highest BCUT2D eigenvalue weighted by molar-refractivity contribution is 5.76. The van der Waals surface area contributed by atoms with Gasteiger partial charge in [0.05, 0.1) is 5.84 Å². The molecule has 1 fully saturated rings. The SMILES string of the molecule is N=C(N)CCN(CCOc1ccccc1)C1CC1. The summed E-state index contributed by atoms with van der Waals surface area (Å²) in [6.07, 6.45) is 3.19. The van der Waals surface area contributed by atoms with Crippen molar-refractivity contribution in [2.45, 2.75) is 25.3 Å². The van der Waals surface area contributed by atoms with Gasteiger partial charge in [0.2, 0.25) is 0 Å². The first-order chi connectivity index (χ1) is 8.75. The molecule has 4 nitrogen and oxygen atoms in total. The fraction of sp³-hybridized carbons (Fsp3) is 0.500. The minimum absolute atomic E-state index is 0.268. The molecule has 2 rings (SSSR count). The molecule has 1 aliphatic rings. The zero-order valence-electron chi connectivity index (χ0n) is 10.6. The van der Waals surface area contributed by atoms with Crippen LogP contribution in [0.4, 0.5) is 0 Å². The number of amidine groups is 1. The van der Waals surface area contributed by atoms with Gasteiger partial charge in [0.15, 0.2) is 0 Å². The van der Waals surface area contributed by atoms with Crippen LogP contribution in [0, 0.1) is 5.41 Å². The summed E-state index contributed by atoms with van der Waals surface area (Å²) in [5.74, 6) is 1.18. The van der Waals surface area contributed by atoms with Crippen molar-refractivity contribution in [2.75, 3.05) is 19.7 Å². The van der Waals surface area contributed by atoms with E-state index in [1.54, 1.807) is 0 Å². The number of rotatable bonds is 8. The summed E-state index contributed by atoms with van der Waals surface area (Å²) in [7, 11) is 0. The number of para-hydroxylation sites is 1. The molecule has 18 heavy (non-hydrogen) atoms. The minimum Gasteiger partial charge on any atom is -0.492 e. The number of benzene rings is 1. The predicted molar refractivity (Wildman–Crippen MR) is 73.1 cm³/mol. The second-order valence-corrected chi connectivity index (χ2v) is 4.70. The van der Waals surface area contributed by atoms with E-state index >= 15 is 0 Å². The summed E-state index contributed by atoms with van der Waals surface area (Å²) in [6, 6.07) is 10.6. The van der Waals surface area contributed by atoms with Crippen LogP contribution < -0.4 is 10.5 Å². The number of nitrogens with one attached hydrogen (secondary N) is 1. The molecule has 98 valence electrons. The zero-order valence-corrected chi connectivity index (χ0v) is 10.6. The predicted octanol–water partition coefficient (Wildman–Crippen LogP) is 1.86. The second kappa shape index (κ2) is 6.40. The number of hydrogen-bond acceptors (Lipinski definition) is 3. The smallest absolute Gasteiger partial charge is 0.119 e. The molecule has 3 N–H and O–H groups in total. The monoisotopic (exact) mass is 247 g/mol. The molecule has 1 saturated carbocycles. The molecule has 1 aromatic carbocycles. The van der Waals surface area contributed by atoms with Crippen LogP contribution in [0.2, 0.25) is 0 Å². The summed E-state index contributed by atoms with van der Waals surface area (Å²) in [4.78, 5) is 2.38. The summed E-state index contributed by atoms with van der Waals surface area (Å²) < 4.78 is 5.69. The fourth-order valence-corrected chi connectivity index (χ4v) is 1.98. The molecule has 0 unspecified atom stereocenters. The largest absolute Gasteiger partial charge is 0.492 e. The lowest BCUT2D eigenvalue weighted by molar-refractivity contribution is 0.205. The Morgan fingerprint density at radius 3 is 2.61 bits per heavy atom. The average molecular weight is 247 g/mol. The fourth-order valence-electron chi connectivity index (χ4n) is 1.98. The Morgan fingerprint density at radius 2 is 2.00 bits per heavy atom. The second-order valence-electron chi connectivity index (χ2n) is 4.70. The maximum atomic E-state index is 7.28. The van der Waals surface area contributed by atoms with Crippen LogP contribution in [0.3, 0.4) is 0 Å². The molecular weight excluding hydrogens is 226 g/mol. The van der Waals surface area contributed by atoms with Crippen LogP contribution in [0.1, 0.15) is 19.3 Å². The van der Waals surface area contributed by atoms with Gasteiger partial charge < -0.3 is 10.5 Å². The van der Waals surface area contributed by atoms with E-state index in [0.717, 1.165) is 18.8 Å². The molecule has 4 heteroatoms. The Labute approximate surface area is 108 Å². The van der Waals surface area contributed by atoms with Crippen LogP contribution in [0.15, 0.2) is 30.3 Å². The van der Waals surface area contributed by atoms with Gasteiger partial charge in [-0.05, 0) is 25.0 Å². The number of nitrogens with two attached hydrogens (primary N) is 1. The highest BCUT2D eigenvalue weighted by Gasteiger charge is 2.28. The molecule has 0 radical (unpaired) electrons. The minimum atomic E-state index is 0.268. The van der Waals surface area contributed by atoms with Crippen molar-refractivity contribution in [3.8, 4) is 5.75 Å². The highest BCUT2D eigenvalue weighted by Crippen LogP contribution is 2.26. The molecular formula is C14H21N3O. The van der Waals surface area contributed by atoms with Crippen molar-refractivity contribution in [3.63, 3.8) is 0 Å². The molecule has 0 saturated heterocycles. The van der Waals surface area contributed by atoms with E-state index in [1.165, 1.54) is 12.8 Å². The molecule has 0 atom stereocenters. The van der Waals surface area contributed by atoms with Crippen LogP contribution in [0.25, 0.3) is 0 Å². The Bertz CT molecular complexity index is 376. The molecule has 1 aliphatic carbocycles. The third kappa shape index (κ3) is 4.37. The Kier molecular flexibility index (Phi) is 4.59. The summed E-state index contributed by atoms with van der Waals surface area (Å²) >= 11 is 0. The van der Waals surface area contributed by atoms with Crippen molar-refractivity contribution < 1.29 is 4.74 Å². The van der Waals surface area contributed by atoms with Gasteiger partial charge in [0.25, 0.3) is 0 Å². The topological polar surface area (TPSA) is 62.3 Å². The summed E-state index contributed by atoms with van der Waals surface area (Å²) in [5.41, 5.74) is 5.41. The maximum absolute atomic E-state index is 7.28. The Hall–Kier alpha value is -1.55. The average Bonchev–Trinajstić information content (AvgIpc) is 3.19. The van der Waals surface area contributed by atoms with E-state index in [9.17, 15) is 0 Å². The van der Waals surface area contributed by atoms with Gasteiger partial charge in [-0.2, -0.15) is 0 Å². The summed E-state index contributed by atoms with van der Waals surface area (Å²) in [6.45, 7) is 2.48. The van der Waals surface area contributed by atoms with E-state index in [0.29, 0.717) is 19.1 Å². The number of nitrogens with zero attached hydrogens (tertiary/aromatic N) is 1. The standard InChI is InChI=1S/C14H21N3O/c15-14(16)8-9-17(12-6-7-12)10-11-18-13-4-2-1-3-5-13/h1-5,12H,6-11H2,(H3,15,16). The Balaban J connectivity index is 1.71. The normalized spacial score (nSPS) is 14.7. The first-order valence-electron chi connectivity index (χ1n) is 6.50. The zero-order chi connectivity index (χ0) is 12.8. The lowest BCUT2D eigenvalue weighted by Crippen LogP contribution is -2.33. The molecule has 1 aromatic rings. The van der Waals surface area contributed by atoms with E-state index in [2.05, 4.69) is 4.90 Å². The van der Waals surface area contributed by atoms with Crippen molar-refractivity contribution in [1.82, 2.24) is 4.90 Å². The van der Waals surface area contributed by atoms with Gasteiger partial charge in [-0.15, -0.1) is 0 Å². The van der Waals surface area contributed by atoms with Gasteiger partial charge in [0.1, 0.15) is 12.4 Å². The van der Waals surface area contributed by atoms with Gasteiger partial charge >= 0.3 is 0 Å². The van der Waals surface area contributed by atoms with Gasteiger partial charge in [-0.3, -0.25) is 10.3 Å². The van der Waals surface area contributed by atoms with E-state index in [-0.39, 0.29) is 5.84 Å². The van der Waals surface area contributed by atoms with Crippen molar-refractivity contribution in [1.29, 1.82) is 5.41 Å². The van der Waals surface area contributed by atoms with Crippen molar-refractivity contribution in [3.05, 3.63) is 30.3 Å². The molecule has 0 aromatic heterocycles. The third-order valence-corrected chi connectivity index (χ3v) is 3.12. The summed E-state index contributed by atoms with van der Waals surface area (Å²) in [5, 5.41) is 7.28. The molecule has 0 bridgehead atoms. The van der Waals surface area contributed by atoms with Gasteiger partial charge in [-0.25, -0.2) is 0 Å². The van der Waals surface area contributed by atoms with Gasteiger partial charge in [-0.1, -0.05) is 18.2 Å². The lowest BCUT2D eigenvalue weighted by atomic mass is 10.3. The maximum Gasteiger partial charge on any atom is 0.119 e. The van der Waals surface area contributed by atoms with Crippen LogP contribution in [0.5, 0.6) is 5.75 Å². The number of ether oxygens (including phenoxy) is 1. The molecule has 0 amide bonds. The Morgan fingerprint density at radius 1 is 1.28 bits per heavy atom. The molecule has 0 heterocycles. The first-order valence-corrected chi connectivity index (χ1v) is 6.50. The lowest BCUT2D eigenvalue weighted by Gasteiger charge is -2.21. The quantitative estimate of drug-likeness (QED) is 0.544. The number of hydrogen-bond donors (Lipinski definition) is 2. The van der Waals surface area contributed by atoms with E-state index in [4.69, 9.17) is 15.9 Å². The first kappa shape index (κ1) is 12.9. The van der Waals surface area contributed by atoms with Crippen LogP contribution >= 0.6 is 0 Å². The van der Waals surface area contributed by atoms with Gasteiger partial charge in [0, 0.05) is 25.6 Å². The van der Waals surface area contributed by atoms with Crippen LogP contribution in [-0.4, -0.2) is 36.5 Å². The third-order valence-electron chi connectivity index (χ3n) is 3.12. The van der Waals surface area contributed by atoms with E-state index < -0.39 is 0 Å². The van der Waals surface area contributed by atoms with Crippen molar-refractivity contribution in [2.24, 2.45) is 5.73 Å². The van der Waals surface area contributed by atoms with E-state index in [1.807, 2.05) is 30.3 Å². The molecule has 0 spiro atoms. The molecule has 0 aliphatic heterocycles.